The Kier molecular flexibility index (Phi) is 4.62. The van der Waals surface area contributed by atoms with Crippen LogP contribution in [0.1, 0.15) is 6.92 Å². The first-order valence-corrected chi connectivity index (χ1v) is 4.97. The maximum Gasteiger partial charge on any atom is 0.275 e. The summed E-state index contributed by atoms with van der Waals surface area (Å²) in [7, 11) is 0. The minimum Gasteiger partial charge on any atom is -0.494 e. The molecule has 94 valence electrons. The highest BCUT2D eigenvalue weighted by molar-refractivity contribution is 5.56. The first-order valence-electron chi connectivity index (χ1n) is 4.97. The molecule has 17 heavy (non-hydrogen) atoms. The number of non-ortho nitro benzene ring substituents is 1. The fourth-order valence-corrected chi connectivity index (χ4v) is 1.24. The van der Waals surface area contributed by atoms with E-state index in [1.165, 1.54) is 18.2 Å². The number of benzene rings is 1. The molecule has 0 spiro atoms. The Hall–Kier alpha value is -1.92. The lowest BCUT2D eigenvalue weighted by atomic mass is 10.2. The van der Waals surface area contributed by atoms with Crippen molar-refractivity contribution in [3.8, 4) is 5.75 Å². The van der Waals surface area contributed by atoms with E-state index in [-0.39, 0.29) is 17.1 Å². The molecule has 1 rings (SSSR count). The Morgan fingerprint density at radius 1 is 1.47 bits per heavy atom. The highest BCUT2D eigenvalue weighted by Crippen LogP contribution is 2.26. The van der Waals surface area contributed by atoms with Gasteiger partial charge in [0.05, 0.1) is 24.1 Å². The van der Waals surface area contributed by atoms with Crippen molar-refractivity contribution in [2.24, 2.45) is 0 Å². The molecule has 0 aliphatic heterocycles. The predicted molar refractivity (Wildman–Crippen MR) is 58.8 cm³/mol. The molecule has 0 atom stereocenters. The Morgan fingerprint density at radius 2 is 2.18 bits per heavy atom. The van der Waals surface area contributed by atoms with Crippen molar-refractivity contribution in [2.75, 3.05) is 18.5 Å². The summed E-state index contributed by atoms with van der Waals surface area (Å²) in [6.45, 7) is 1.51. The molecule has 0 aliphatic rings. The van der Waals surface area contributed by atoms with E-state index in [2.05, 4.69) is 5.32 Å². The second-order valence-corrected chi connectivity index (χ2v) is 3.18. The third-order valence-corrected chi connectivity index (χ3v) is 1.87. The van der Waals surface area contributed by atoms with Crippen molar-refractivity contribution in [1.29, 1.82) is 0 Å². The molecule has 0 saturated carbocycles. The van der Waals surface area contributed by atoms with Gasteiger partial charge in [0, 0.05) is 17.8 Å². The van der Waals surface area contributed by atoms with Crippen LogP contribution in [0.3, 0.4) is 0 Å². The van der Waals surface area contributed by atoms with Gasteiger partial charge in [-0.3, -0.25) is 10.1 Å². The zero-order valence-electron chi connectivity index (χ0n) is 9.15. The molecule has 7 heteroatoms. The molecule has 0 aromatic heterocycles. The molecular formula is C10H12F2N2O3. The van der Waals surface area contributed by atoms with Crippen LogP contribution in [0.4, 0.5) is 20.2 Å². The van der Waals surface area contributed by atoms with Crippen LogP contribution < -0.4 is 10.1 Å². The molecule has 0 amide bonds. The maximum atomic E-state index is 12.0. The summed E-state index contributed by atoms with van der Waals surface area (Å²) >= 11 is 0. The highest BCUT2D eigenvalue weighted by atomic mass is 19.3. The van der Waals surface area contributed by atoms with Gasteiger partial charge in [-0.25, -0.2) is 8.78 Å². The molecule has 0 saturated heterocycles. The Balaban J connectivity index is 2.91. The lowest BCUT2D eigenvalue weighted by Gasteiger charge is -2.08. The standard InChI is InChI=1S/C10H12F2N2O3/c1-2-17-9-4-7(13-6-10(11)12)3-8(5-9)14(15)16/h3-5,10,13H,2,6H2,1H3. The van der Waals surface area contributed by atoms with Crippen LogP contribution >= 0.6 is 0 Å². The monoisotopic (exact) mass is 246 g/mol. The number of nitro benzene ring substituents is 1. The molecule has 0 bridgehead atoms. The van der Waals surface area contributed by atoms with Crippen LogP contribution in [0.25, 0.3) is 0 Å². The quantitative estimate of drug-likeness (QED) is 0.619. The lowest BCUT2D eigenvalue weighted by molar-refractivity contribution is -0.384. The smallest absolute Gasteiger partial charge is 0.275 e. The van der Waals surface area contributed by atoms with E-state index in [1.807, 2.05) is 0 Å². The van der Waals surface area contributed by atoms with Crippen LogP contribution in [0.2, 0.25) is 0 Å². The topological polar surface area (TPSA) is 64.4 Å². The third-order valence-electron chi connectivity index (χ3n) is 1.87. The van der Waals surface area contributed by atoms with Gasteiger partial charge in [0.25, 0.3) is 12.1 Å². The Bertz CT molecular complexity index is 399. The molecule has 1 N–H and O–H groups in total. The van der Waals surface area contributed by atoms with Gasteiger partial charge in [0.2, 0.25) is 0 Å². The van der Waals surface area contributed by atoms with Crippen LogP contribution in [0.15, 0.2) is 18.2 Å². The third kappa shape index (κ3) is 4.21. The number of nitrogens with one attached hydrogen (secondary N) is 1. The molecule has 0 unspecified atom stereocenters. The molecule has 0 aliphatic carbocycles. The van der Waals surface area contributed by atoms with Crippen molar-refractivity contribution < 1.29 is 18.4 Å². The van der Waals surface area contributed by atoms with Crippen molar-refractivity contribution in [1.82, 2.24) is 0 Å². The minimum absolute atomic E-state index is 0.201. The van der Waals surface area contributed by atoms with Crippen LogP contribution in [0.5, 0.6) is 5.75 Å². The van der Waals surface area contributed by atoms with E-state index < -0.39 is 17.9 Å². The van der Waals surface area contributed by atoms with Gasteiger partial charge in [0.15, 0.2) is 0 Å². The van der Waals surface area contributed by atoms with Crippen molar-refractivity contribution >= 4 is 11.4 Å². The number of alkyl halides is 2. The van der Waals surface area contributed by atoms with Gasteiger partial charge >= 0.3 is 0 Å². The predicted octanol–water partition coefficient (Wildman–Crippen LogP) is 2.67. The van der Waals surface area contributed by atoms with Gasteiger partial charge in [0.1, 0.15) is 5.75 Å². The molecular weight excluding hydrogens is 234 g/mol. The molecule has 0 radical (unpaired) electrons. The number of halogens is 2. The first-order chi connectivity index (χ1) is 8.02. The second kappa shape index (κ2) is 5.97. The fourth-order valence-electron chi connectivity index (χ4n) is 1.24. The Labute approximate surface area is 96.5 Å². The average Bonchev–Trinajstić information content (AvgIpc) is 2.26. The van der Waals surface area contributed by atoms with Crippen LogP contribution in [-0.2, 0) is 0 Å². The molecule has 1 aromatic carbocycles. The van der Waals surface area contributed by atoms with E-state index in [1.54, 1.807) is 6.92 Å². The Morgan fingerprint density at radius 3 is 2.71 bits per heavy atom. The van der Waals surface area contributed by atoms with E-state index in [0.717, 1.165) is 0 Å². The number of hydrogen-bond donors (Lipinski definition) is 1. The van der Waals surface area contributed by atoms with Crippen LogP contribution in [-0.4, -0.2) is 24.5 Å². The summed E-state index contributed by atoms with van der Waals surface area (Å²) in [5.74, 6) is 0.276. The maximum absolute atomic E-state index is 12.0. The normalized spacial score (nSPS) is 10.4. The lowest BCUT2D eigenvalue weighted by Crippen LogP contribution is -2.10. The molecule has 0 heterocycles. The van der Waals surface area contributed by atoms with Crippen molar-refractivity contribution in [2.45, 2.75) is 13.3 Å². The summed E-state index contributed by atoms with van der Waals surface area (Å²) in [6.07, 6.45) is -2.52. The SMILES string of the molecule is CCOc1cc(NCC(F)F)cc([N+](=O)[O-])c1. The number of nitro groups is 1. The first kappa shape index (κ1) is 13.1. The van der Waals surface area contributed by atoms with E-state index in [4.69, 9.17) is 4.74 Å². The minimum atomic E-state index is -2.52. The van der Waals surface area contributed by atoms with Gasteiger partial charge in [-0.05, 0) is 6.92 Å². The van der Waals surface area contributed by atoms with Crippen molar-refractivity contribution in [3.05, 3.63) is 28.3 Å². The number of hydrogen-bond acceptors (Lipinski definition) is 4. The van der Waals surface area contributed by atoms with Gasteiger partial charge < -0.3 is 10.1 Å². The summed E-state index contributed by atoms with van der Waals surface area (Å²) < 4.78 is 29.1. The molecule has 1 aromatic rings. The summed E-state index contributed by atoms with van der Waals surface area (Å²) in [5.41, 5.74) is 0.0377. The summed E-state index contributed by atoms with van der Waals surface area (Å²) in [4.78, 5) is 10.0. The van der Waals surface area contributed by atoms with Gasteiger partial charge in [-0.2, -0.15) is 0 Å². The number of rotatable bonds is 6. The number of anilines is 1. The van der Waals surface area contributed by atoms with Gasteiger partial charge in [-0.1, -0.05) is 0 Å². The van der Waals surface area contributed by atoms with E-state index in [0.29, 0.717) is 6.61 Å². The largest absolute Gasteiger partial charge is 0.494 e. The zero-order chi connectivity index (χ0) is 12.8. The molecule has 0 fully saturated rings. The van der Waals surface area contributed by atoms with Crippen LogP contribution in [0, 0.1) is 10.1 Å². The van der Waals surface area contributed by atoms with Crippen molar-refractivity contribution in [3.63, 3.8) is 0 Å². The van der Waals surface area contributed by atoms with E-state index >= 15 is 0 Å². The fraction of sp³-hybridized carbons (Fsp3) is 0.400. The van der Waals surface area contributed by atoms with E-state index in [9.17, 15) is 18.9 Å². The average molecular weight is 246 g/mol. The summed E-state index contributed by atoms with van der Waals surface area (Å²) in [6, 6.07) is 3.88. The van der Waals surface area contributed by atoms with Gasteiger partial charge in [-0.15, -0.1) is 0 Å². The second-order valence-electron chi connectivity index (χ2n) is 3.18. The molecule has 5 nitrogen and oxygen atoms in total. The highest BCUT2D eigenvalue weighted by Gasteiger charge is 2.11. The summed E-state index contributed by atoms with van der Waals surface area (Å²) in [5, 5.41) is 13.0. The number of ether oxygens (including phenoxy) is 1. The number of nitrogens with zero attached hydrogens (tertiary/aromatic N) is 1. The zero-order valence-corrected chi connectivity index (χ0v) is 9.15.